The van der Waals surface area contributed by atoms with Crippen LogP contribution in [0.4, 0.5) is 0 Å². The summed E-state index contributed by atoms with van der Waals surface area (Å²) in [5.74, 6) is 0.0893. The molecular formula is C19H16N4O2. The Balaban J connectivity index is 1.58. The van der Waals surface area contributed by atoms with E-state index in [4.69, 9.17) is 4.52 Å². The maximum absolute atomic E-state index is 12.5. The number of benzene rings is 2. The van der Waals surface area contributed by atoms with Gasteiger partial charge in [0, 0.05) is 36.3 Å². The summed E-state index contributed by atoms with van der Waals surface area (Å²) in [6, 6.07) is 17.5. The van der Waals surface area contributed by atoms with E-state index in [1.165, 1.54) is 0 Å². The van der Waals surface area contributed by atoms with E-state index < -0.39 is 0 Å². The number of H-pyrrole nitrogens is 1. The van der Waals surface area contributed by atoms with Gasteiger partial charge in [0.1, 0.15) is 0 Å². The lowest BCUT2D eigenvalue weighted by Gasteiger charge is -2.14. The molecule has 4 aromatic rings. The van der Waals surface area contributed by atoms with E-state index in [2.05, 4.69) is 15.1 Å². The van der Waals surface area contributed by atoms with Crippen molar-refractivity contribution in [1.82, 2.24) is 20.0 Å². The Morgan fingerprint density at radius 2 is 1.96 bits per heavy atom. The molecule has 25 heavy (non-hydrogen) atoms. The fourth-order valence-electron chi connectivity index (χ4n) is 2.79. The maximum Gasteiger partial charge on any atom is 0.316 e. The van der Waals surface area contributed by atoms with E-state index in [0.717, 1.165) is 22.0 Å². The lowest BCUT2D eigenvalue weighted by atomic mass is 10.1. The van der Waals surface area contributed by atoms with E-state index in [-0.39, 0.29) is 11.8 Å². The van der Waals surface area contributed by atoms with E-state index in [1.54, 1.807) is 11.9 Å². The van der Waals surface area contributed by atoms with E-state index in [9.17, 15) is 4.79 Å². The minimum atomic E-state index is -0.302. The third kappa shape index (κ3) is 2.89. The zero-order chi connectivity index (χ0) is 17.2. The van der Waals surface area contributed by atoms with Gasteiger partial charge in [0.05, 0.1) is 0 Å². The predicted molar refractivity (Wildman–Crippen MR) is 93.8 cm³/mol. The van der Waals surface area contributed by atoms with E-state index in [0.29, 0.717) is 12.4 Å². The highest BCUT2D eigenvalue weighted by Gasteiger charge is 2.21. The minimum absolute atomic E-state index is 0.0130. The number of hydrogen-bond donors (Lipinski definition) is 1. The van der Waals surface area contributed by atoms with Crippen molar-refractivity contribution in [3.63, 3.8) is 0 Å². The van der Waals surface area contributed by atoms with Gasteiger partial charge < -0.3 is 14.4 Å². The van der Waals surface area contributed by atoms with Crippen molar-refractivity contribution in [2.24, 2.45) is 0 Å². The first-order valence-electron chi connectivity index (χ1n) is 7.92. The molecule has 6 nitrogen and oxygen atoms in total. The van der Waals surface area contributed by atoms with Gasteiger partial charge in [-0.05, 0) is 17.7 Å². The standard InChI is InChI=1S/C19H16N4O2/c1-23(12-13-6-3-2-4-7-13)19(24)18-21-17(22-25-18)15-8-5-9-16-14(15)10-11-20-16/h2-11,20H,12H2,1H3. The summed E-state index contributed by atoms with van der Waals surface area (Å²) in [7, 11) is 1.71. The molecule has 2 aromatic heterocycles. The maximum atomic E-state index is 12.5. The highest BCUT2D eigenvalue weighted by atomic mass is 16.5. The summed E-state index contributed by atoms with van der Waals surface area (Å²) < 4.78 is 5.20. The number of carbonyl (C=O) groups is 1. The number of aromatic nitrogens is 3. The molecule has 2 heterocycles. The largest absolute Gasteiger partial charge is 0.361 e. The van der Waals surface area contributed by atoms with Crippen molar-refractivity contribution >= 4 is 16.8 Å². The first kappa shape index (κ1) is 15.1. The Kier molecular flexibility index (Phi) is 3.78. The first-order chi connectivity index (χ1) is 12.2. The molecule has 0 spiro atoms. The van der Waals surface area contributed by atoms with Crippen LogP contribution in [0.5, 0.6) is 0 Å². The van der Waals surface area contributed by atoms with Crippen LogP contribution in [0, 0.1) is 0 Å². The van der Waals surface area contributed by atoms with Crippen LogP contribution < -0.4 is 0 Å². The molecule has 0 atom stereocenters. The monoisotopic (exact) mass is 332 g/mol. The normalized spacial score (nSPS) is 10.9. The number of nitrogens with zero attached hydrogens (tertiary/aromatic N) is 3. The third-order valence-corrected chi connectivity index (χ3v) is 4.05. The SMILES string of the molecule is CN(Cc1ccccc1)C(=O)c1nc(-c2cccc3[nH]ccc23)no1. The van der Waals surface area contributed by atoms with Crippen molar-refractivity contribution in [3.05, 3.63) is 72.2 Å². The molecule has 0 aliphatic rings. The fourth-order valence-corrected chi connectivity index (χ4v) is 2.79. The van der Waals surface area contributed by atoms with Crippen LogP contribution in [-0.2, 0) is 6.54 Å². The van der Waals surface area contributed by atoms with Crippen molar-refractivity contribution < 1.29 is 9.32 Å². The van der Waals surface area contributed by atoms with Gasteiger partial charge in [-0.15, -0.1) is 0 Å². The second-order valence-electron chi connectivity index (χ2n) is 5.81. The number of fused-ring (bicyclic) bond motifs is 1. The smallest absolute Gasteiger partial charge is 0.316 e. The van der Waals surface area contributed by atoms with Crippen LogP contribution in [0.2, 0.25) is 0 Å². The fraction of sp³-hybridized carbons (Fsp3) is 0.105. The van der Waals surface area contributed by atoms with Crippen molar-refractivity contribution in [1.29, 1.82) is 0 Å². The van der Waals surface area contributed by atoms with Gasteiger partial charge in [-0.1, -0.05) is 47.6 Å². The van der Waals surface area contributed by atoms with Crippen LogP contribution in [0.25, 0.3) is 22.3 Å². The highest BCUT2D eigenvalue weighted by Crippen LogP contribution is 2.26. The van der Waals surface area contributed by atoms with Crippen LogP contribution in [0.3, 0.4) is 0 Å². The second kappa shape index (κ2) is 6.24. The lowest BCUT2D eigenvalue weighted by Crippen LogP contribution is -2.26. The number of aromatic amines is 1. The van der Waals surface area contributed by atoms with Gasteiger partial charge in [0.2, 0.25) is 5.82 Å². The molecule has 0 saturated heterocycles. The first-order valence-corrected chi connectivity index (χ1v) is 7.92. The molecule has 2 aromatic carbocycles. The molecule has 0 aliphatic heterocycles. The number of hydrogen-bond acceptors (Lipinski definition) is 4. The molecule has 0 saturated carbocycles. The summed E-state index contributed by atoms with van der Waals surface area (Å²) in [5, 5.41) is 4.97. The molecule has 1 N–H and O–H groups in total. The minimum Gasteiger partial charge on any atom is -0.361 e. The Bertz CT molecular complexity index is 1020. The average Bonchev–Trinajstić information content (AvgIpc) is 3.31. The molecule has 0 unspecified atom stereocenters. The second-order valence-corrected chi connectivity index (χ2v) is 5.81. The van der Waals surface area contributed by atoms with Crippen LogP contribution in [0.15, 0.2) is 65.3 Å². The number of carbonyl (C=O) groups excluding carboxylic acids is 1. The molecule has 0 bridgehead atoms. The predicted octanol–water partition coefficient (Wildman–Crippen LogP) is 3.49. The Hall–Kier alpha value is -3.41. The van der Waals surface area contributed by atoms with Crippen molar-refractivity contribution in [2.45, 2.75) is 6.54 Å². The topological polar surface area (TPSA) is 75.0 Å². The zero-order valence-electron chi connectivity index (χ0n) is 13.6. The number of rotatable bonds is 4. The van der Waals surface area contributed by atoms with Crippen LogP contribution >= 0.6 is 0 Å². The summed E-state index contributed by atoms with van der Waals surface area (Å²) in [6.45, 7) is 0.477. The van der Waals surface area contributed by atoms with Crippen molar-refractivity contribution in [2.75, 3.05) is 7.05 Å². The molecule has 0 radical (unpaired) electrons. The Morgan fingerprint density at radius 3 is 2.80 bits per heavy atom. The Morgan fingerprint density at radius 1 is 1.12 bits per heavy atom. The summed E-state index contributed by atoms with van der Waals surface area (Å²) >= 11 is 0. The third-order valence-electron chi connectivity index (χ3n) is 4.05. The summed E-state index contributed by atoms with van der Waals surface area (Å²) in [6.07, 6.45) is 1.86. The number of amides is 1. The summed E-state index contributed by atoms with van der Waals surface area (Å²) in [4.78, 5) is 21.5. The van der Waals surface area contributed by atoms with Gasteiger partial charge in [-0.3, -0.25) is 4.79 Å². The molecular weight excluding hydrogens is 316 g/mol. The molecule has 0 aliphatic carbocycles. The Labute approximate surface area is 144 Å². The van der Waals surface area contributed by atoms with Gasteiger partial charge >= 0.3 is 11.8 Å². The molecule has 0 fully saturated rings. The van der Waals surface area contributed by atoms with Crippen LogP contribution in [-0.4, -0.2) is 33.0 Å². The quantitative estimate of drug-likeness (QED) is 0.621. The van der Waals surface area contributed by atoms with Crippen LogP contribution in [0.1, 0.15) is 16.2 Å². The van der Waals surface area contributed by atoms with Gasteiger partial charge in [-0.2, -0.15) is 4.98 Å². The van der Waals surface area contributed by atoms with Gasteiger partial charge in [-0.25, -0.2) is 0 Å². The van der Waals surface area contributed by atoms with E-state index >= 15 is 0 Å². The highest BCUT2D eigenvalue weighted by molar-refractivity contribution is 5.94. The average molecular weight is 332 g/mol. The zero-order valence-corrected chi connectivity index (χ0v) is 13.6. The van der Waals surface area contributed by atoms with Gasteiger partial charge in [0.15, 0.2) is 0 Å². The lowest BCUT2D eigenvalue weighted by molar-refractivity contribution is 0.0735. The summed E-state index contributed by atoms with van der Waals surface area (Å²) in [5.41, 5.74) is 2.85. The van der Waals surface area contributed by atoms with E-state index in [1.807, 2.05) is 60.8 Å². The molecule has 1 amide bonds. The van der Waals surface area contributed by atoms with Gasteiger partial charge in [0.25, 0.3) is 0 Å². The van der Waals surface area contributed by atoms with Crippen molar-refractivity contribution in [3.8, 4) is 11.4 Å². The molecule has 6 heteroatoms. The molecule has 124 valence electrons. The number of nitrogens with one attached hydrogen (secondary N) is 1. The molecule has 4 rings (SSSR count).